The lowest BCUT2D eigenvalue weighted by molar-refractivity contribution is -0.126. The fourth-order valence-corrected chi connectivity index (χ4v) is 4.85. The van der Waals surface area contributed by atoms with Crippen molar-refractivity contribution in [2.75, 3.05) is 10.8 Å². The molecule has 0 fully saturated rings. The van der Waals surface area contributed by atoms with E-state index in [0.29, 0.717) is 11.3 Å². The lowest BCUT2D eigenvalue weighted by atomic mass is 10.1. The van der Waals surface area contributed by atoms with E-state index >= 15 is 0 Å². The zero-order chi connectivity index (χ0) is 25.4. The number of amides is 2. The molecule has 0 saturated carbocycles. The Morgan fingerprint density at radius 3 is 2.56 bits per heavy atom. The molecule has 182 valence electrons. The van der Waals surface area contributed by atoms with Crippen molar-refractivity contribution in [2.24, 2.45) is 4.99 Å². The van der Waals surface area contributed by atoms with Gasteiger partial charge in [0.1, 0.15) is 11.9 Å². The van der Waals surface area contributed by atoms with Crippen molar-refractivity contribution in [3.8, 4) is 0 Å². The Labute approximate surface area is 212 Å². The molecule has 0 spiro atoms. The smallest absolute Gasteiger partial charge is 0.434 e. The Hall–Kier alpha value is -2.43. The van der Waals surface area contributed by atoms with Gasteiger partial charge in [-0.15, -0.1) is 0 Å². The van der Waals surface area contributed by atoms with E-state index in [2.05, 4.69) is 20.9 Å². The molecule has 2 aromatic rings. The van der Waals surface area contributed by atoms with Gasteiger partial charge in [0.05, 0.1) is 28.4 Å². The van der Waals surface area contributed by atoms with Crippen LogP contribution < -0.4 is 5.01 Å². The van der Waals surface area contributed by atoms with Crippen molar-refractivity contribution in [1.29, 1.82) is 0 Å². The van der Waals surface area contributed by atoms with Crippen LogP contribution in [0.4, 0.5) is 16.2 Å². The van der Waals surface area contributed by atoms with E-state index in [4.69, 9.17) is 16.3 Å². The van der Waals surface area contributed by atoms with Crippen molar-refractivity contribution >= 4 is 67.1 Å². The third-order valence-electron chi connectivity index (χ3n) is 4.91. The highest BCUT2D eigenvalue weighted by Gasteiger charge is 2.36. The summed E-state index contributed by atoms with van der Waals surface area (Å²) in [5, 5.41) is 2.03. The molecule has 0 unspecified atom stereocenters. The van der Waals surface area contributed by atoms with Crippen LogP contribution in [0.2, 0.25) is 5.02 Å². The van der Waals surface area contributed by atoms with Crippen LogP contribution in [0.5, 0.6) is 0 Å². The summed E-state index contributed by atoms with van der Waals surface area (Å²) < 4.78 is 32.1. The average molecular weight is 571 g/mol. The standard InChI is InChI=1S/C23H25BrClN3O5S/c1-6-34(31,32)20-8-7-16(25)12-19(20)28(22(30)33-23(3,4)5)27-13-26-18-9-14(2)17(24)10-15(18)11-21(27)29/h7-10,12-13H,6,11H2,1-5H3. The number of fused-ring (bicyclic) bond motifs is 1. The summed E-state index contributed by atoms with van der Waals surface area (Å²) in [6.45, 7) is 8.38. The number of halogens is 2. The van der Waals surface area contributed by atoms with Gasteiger partial charge in [0.25, 0.3) is 5.91 Å². The first-order chi connectivity index (χ1) is 15.7. The summed E-state index contributed by atoms with van der Waals surface area (Å²) in [4.78, 5) is 31.0. The Morgan fingerprint density at radius 2 is 1.94 bits per heavy atom. The normalized spacial score (nSPS) is 14.0. The van der Waals surface area contributed by atoms with Gasteiger partial charge in [-0.3, -0.25) is 4.79 Å². The number of carbonyl (C=O) groups is 2. The van der Waals surface area contributed by atoms with Crippen LogP contribution in [-0.2, 0) is 25.8 Å². The predicted molar refractivity (Wildman–Crippen MR) is 135 cm³/mol. The number of sulfone groups is 1. The molecule has 11 heteroatoms. The molecule has 0 atom stereocenters. The molecule has 34 heavy (non-hydrogen) atoms. The molecule has 1 aliphatic heterocycles. The minimum absolute atomic E-state index is 0.0794. The van der Waals surface area contributed by atoms with E-state index in [9.17, 15) is 18.0 Å². The zero-order valence-corrected chi connectivity index (χ0v) is 22.6. The number of hydrogen-bond acceptors (Lipinski definition) is 6. The molecule has 8 nitrogen and oxygen atoms in total. The van der Waals surface area contributed by atoms with Gasteiger partial charge in [0.15, 0.2) is 9.84 Å². The number of hydrogen-bond donors (Lipinski definition) is 0. The first kappa shape index (κ1) is 26.2. The maximum atomic E-state index is 13.4. The van der Waals surface area contributed by atoms with Gasteiger partial charge in [-0.2, -0.15) is 10.0 Å². The molecule has 0 bridgehead atoms. The third kappa shape index (κ3) is 5.61. The number of ether oxygens (including phenoxy) is 1. The van der Waals surface area contributed by atoms with Crippen LogP contribution in [0.15, 0.2) is 44.7 Å². The summed E-state index contributed by atoms with van der Waals surface area (Å²) >= 11 is 9.65. The van der Waals surface area contributed by atoms with Gasteiger partial charge >= 0.3 is 6.09 Å². The zero-order valence-electron chi connectivity index (χ0n) is 19.4. The summed E-state index contributed by atoms with van der Waals surface area (Å²) in [5.74, 6) is -0.728. The Bertz CT molecular complexity index is 1290. The molecule has 2 amide bonds. The molecule has 0 N–H and O–H groups in total. The third-order valence-corrected chi connectivity index (χ3v) is 7.77. The number of carbonyl (C=O) groups excluding carboxylic acids is 2. The van der Waals surface area contributed by atoms with Crippen molar-refractivity contribution in [2.45, 2.75) is 51.5 Å². The minimum atomic E-state index is -3.79. The maximum Gasteiger partial charge on any atom is 0.434 e. The monoisotopic (exact) mass is 569 g/mol. The Kier molecular flexibility index (Phi) is 7.45. The lowest BCUT2D eigenvalue weighted by Crippen LogP contribution is -2.51. The molecule has 0 aliphatic carbocycles. The van der Waals surface area contributed by atoms with E-state index < -0.39 is 27.4 Å². The first-order valence-corrected chi connectivity index (χ1v) is 13.3. The molecule has 0 radical (unpaired) electrons. The van der Waals surface area contributed by atoms with E-state index in [0.717, 1.165) is 20.1 Å². The summed E-state index contributed by atoms with van der Waals surface area (Å²) in [6, 6.07) is 7.65. The van der Waals surface area contributed by atoms with Gasteiger partial charge in [0, 0.05) is 9.50 Å². The number of hydrazine groups is 1. The molecule has 2 aromatic carbocycles. The van der Waals surface area contributed by atoms with E-state index in [1.807, 2.05) is 13.0 Å². The van der Waals surface area contributed by atoms with Gasteiger partial charge in [-0.05, 0) is 69.2 Å². The number of anilines is 1. The summed E-state index contributed by atoms with van der Waals surface area (Å²) in [7, 11) is -3.79. The molecule has 0 saturated heterocycles. The van der Waals surface area contributed by atoms with Crippen molar-refractivity contribution in [1.82, 2.24) is 5.01 Å². The molecule has 3 rings (SSSR count). The van der Waals surface area contributed by atoms with Crippen LogP contribution in [0.1, 0.15) is 38.8 Å². The molecule has 1 aliphatic rings. The van der Waals surface area contributed by atoms with E-state index in [-0.39, 0.29) is 27.8 Å². The predicted octanol–water partition coefficient (Wildman–Crippen LogP) is 5.61. The van der Waals surface area contributed by atoms with Gasteiger partial charge in [0.2, 0.25) is 0 Å². The van der Waals surface area contributed by atoms with Crippen LogP contribution in [-0.4, -0.2) is 43.1 Å². The summed E-state index contributed by atoms with van der Waals surface area (Å²) in [6.07, 6.45) is 0.156. The number of nitrogens with zero attached hydrogens (tertiary/aromatic N) is 3. The topological polar surface area (TPSA) is 96.3 Å². The van der Waals surface area contributed by atoms with E-state index in [1.165, 1.54) is 31.5 Å². The second-order valence-corrected chi connectivity index (χ2v) is 12.2. The van der Waals surface area contributed by atoms with Crippen LogP contribution in [0.3, 0.4) is 0 Å². The van der Waals surface area contributed by atoms with Crippen LogP contribution >= 0.6 is 27.5 Å². The Morgan fingerprint density at radius 1 is 1.26 bits per heavy atom. The second-order valence-electron chi connectivity index (χ2n) is 8.70. The lowest BCUT2D eigenvalue weighted by Gasteiger charge is -2.33. The molecule has 0 aromatic heterocycles. The largest absolute Gasteiger partial charge is 0.442 e. The second kappa shape index (κ2) is 9.67. The first-order valence-electron chi connectivity index (χ1n) is 10.4. The van der Waals surface area contributed by atoms with Crippen LogP contribution in [0, 0.1) is 6.92 Å². The fraction of sp³-hybridized carbons (Fsp3) is 0.348. The average Bonchev–Trinajstić information content (AvgIpc) is 2.86. The van der Waals surface area contributed by atoms with E-state index in [1.54, 1.807) is 26.8 Å². The van der Waals surface area contributed by atoms with Gasteiger partial charge < -0.3 is 4.74 Å². The van der Waals surface area contributed by atoms with Crippen LogP contribution in [0.25, 0.3) is 0 Å². The fourth-order valence-electron chi connectivity index (χ4n) is 3.24. The maximum absolute atomic E-state index is 13.4. The highest BCUT2D eigenvalue weighted by atomic mass is 79.9. The number of aryl methyl sites for hydroxylation is 1. The molecular formula is C23H25BrClN3O5S. The number of benzene rings is 2. The highest BCUT2D eigenvalue weighted by Crippen LogP contribution is 2.34. The van der Waals surface area contributed by atoms with Crippen molar-refractivity contribution in [3.63, 3.8) is 0 Å². The van der Waals surface area contributed by atoms with Gasteiger partial charge in [-0.1, -0.05) is 34.5 Å². The van der Waals surface area contributed by atoms with Crippen molar-refractivity contribution < 1.29 is 22.7 Å². The minimum Gasteiger partial charge on any atom is -0.442 e. The summed E-state index contributed by atoms with van der Waals surface area (Å²) in [5.41, 5.74) is 1.11. The number of aliphatic imine (C=N–C) groups is 1. The molecular weight excluding hydrogens is 546 g/mol. The molecule has 1 heterocycles. The Balaban J connectivity index is 2.21. The van der Waals surface area contributed by atoms with Crippen molar-refractivity contribution in [3.05, 3.63) is 51.0 Å². The quantitative estimate of drug-likeness (QED) is 0.476. The SMILES string of the molecule is CCS(=O)(=O)c1ccc(Cl)cc1N(C(=O)OC(C)(C)C)N1C=Nc2cc(C)c(Br)cc2CC1=O. The number of rotatable bonds is 4. The van der Waals surface area contributed by atoms with Gasteiger partial charge in [-0.25, -0.2) is 18.2 Å². The highest BCUT2D eigenvalue weighted by molar-refractivity contribution is 9.10.